The van der Waals surface area contributed by atoms with Crippen LogP contribution in [0, 0.1) is 6.92 Å². The van der Waals surface area contributed by atoms with Gasteiger partial charge in [-0.3, -0.25) is 4.90 Å². The van der Waals surface area contributed by atoms with E-state index in [0.717, 1.165) is 47.1 Å². The summed E-state index contributed by atoms with van der Waals surface area (Å²) in [6, 6.07) is 2.42. The van der Waals surface area contributed by atoms with Gasteiger partial charge in [-0.1, -0.05) is 29.6 Å². The minimum atomic E-state index is -0.184. The summed E-state index contributed by atoms with van der Waals surface area (Å²) >= 11 is 13.3. The number of anilines is 1. The minimum Gasteiger partial charge on any atom is -0.496 e. The van der Waals surface area contributed by atoms with Gasteiger partial charge in [0.05, 0.1) is 34.3 Å². The van der Waals surface area contributed by atoms with Crippen molar-refractivity contribution in [2.45, 2.75) is 51.1 Å². The molecule has 1 atom stereocenters. The number of hydrogen-bond donors (Lipinski definition) is 1. The van der Waals surface area contributed by atoms with Crippen molar-refractivity contribution in [3.8, 4) is 5.75 Å². The molecule has 5 rings (SSSR count). The Morgan fingerprint density at radius 2 is 1.97 bits per heavy atom. The molecule has 2 N–H and O–H groups in total. The van der Waals surface area contributed by atoms with Crippen LogP contribution in [0.4, 0.5) is 5.82 Å². The molecule has 2 aromatic heterocycles. The van der Waals surface area contributed by atoms with E-state index in [2.05, 4.69) is 21.8 Å². The fourth-order valence-corrected chi connectivity index (χ4v) is 5.38. The number of nitrogen functional groups attached to an aromatic ring is 1. The second-order valence-corrected chi connectivity index (χ2v) is 9.39. The van der Waals surface area contributed by atoms with Crippen LogP contribution in [0.1, 0.15) is 55.0 Å². The zero-order chi connectivity index (χ0) is 21.9. The Morgan fingerprint density at radius 1 is 1.23 bits per heavy atom. The van der Waals surface area contributed by atoms with Gasteiger partial charge in [0, 0.05) is 36.2 Å². The molecule has 0 radical (unpaired) electrons. The van der Waals surface area contributed by atoms with Crippen molar-refractivity contribution in [3.63, 3.8) is 0 Å². The van der Waals surface area contributed by atoms with Crippen LogP contribution in [0.5, 0.6) is 5.75 Å². The first-order valence-electron chi connectivity index (χ1n) is 10.7. The Labute approximate surface area is 191 Å². The summed E-state index contributed by atoms with van der Waals surface area (Å²) in [6.45, 7) is 5.94. The predicted molar refractivity (Wildman–Crippen MR) is 123 cm³/mol. The normalized spacial score (nSPS) is 18.7. The quantitative estimate of drug-likeness (QED) is 0.599. The van der Waals surface area contributed by atoms with Crippen LogP contribution in [0.15, 0.2) is 12.4 Å². The molecule has 1 saturated heterocycles. The fourth-order valence-electron chi connectivity index (χ4n) is 4.87. The van der Waals surface area contributed by atoms with Crippen molar-refractivity contribution in [2.24, 2.45) is 0 Å². The molecule has 1 aliphatic carbocycles. The third-order valence-corrected chi connectivity index (χ3v) is 7.66. The van der Waals surface area contributed by atoms with E-state index < -0.39 is 0 Å². The third-order valence-electron chi connectivity index (χ3n) is 6.86. The second-order valence-electron chi connectivity index (χ2n) is 8.61. The number of halogens is 2. The molecule has 3 heterocycles. The largest absolute Gasteiger partial charge is 0.496 e. The topological polar surface area (TPSA) is 82.1 Å². The zero-order valence-electron chi connectivity index (χ0n) is 17.9. The maximum atomic E-state index is 6.71. The van der Waals surface area contributed by atoms with E-state index in [1.54, 1.807) is 7.11 Å². The van der Waals surface area contributed by atoms with Crippen molar-refractivity contribution < 1.29 is 4.74 Å². The van der Waals surface area contributed by atoms with E-state index in [1.807, 2.05) is 17.7 Å². The predicted octanol–water partition coefficient (Wildman–Crippen LogP) is 4.59. The Morgan fingerprint density at radius 3 is 2.61 bits per heavy atom. The molecule has 1 aliphatic heterocycles. The summed E-state index contributed by atoms with van der Waals surface area (Å²) in [5.41, 5.74) is 9.48. The van der Waals surface area contributed by atoms with Crippen LogP contribution in [0.25, 0.3) is 11.0 Å². The van der Waals surface area contributed by atoms with Gasteiger partial charge in [0.15, 0.2) is 5.65 Å². The van der Waals surface area contributed by atoms with E-state index in [0.29, 0.717) is 27.4 Å². The molecular formula is C22H26Cl2N6O. The van der Waals surface area contributed by atoms with Crippen LogP contribution in [0.2, 0.25) is 10.0 Å². The lowest BCUT2D eigenvalue weighted by Gasteiger charge is -2.48. The molecule has 0 spiro atoms. The first kappa shape index (κ1) is 20.8. The summed E-state index contributed by atoms with van der Waals surface area (Å²) in [7, 11) is 1.69. The molecule has 2 aliphatic rings. The fraction of sp³-hybridized carbons (Fsp3) is 0.500. The van der Waals surface area contributed by atoms with Gasteiger partial charge in [0.25, 0.3) is 0 Å². The second kappa shape index (κ2) is 7.80. The number of nitrogens with two attached hydrogens (primary N) is 1. The number of likely N-dealkylation sites (tertiary alicyclic amines) is 1. The molecular weight excluding hydrogens is 435 g/mol. The Bertz CT molecular complexity index is 1150. The molecule has 2 fully saturated rings. The first-order chi connectivity index (χ1) is 14.9. The molecule has 1 aromatic carbocycles. The summed E-state index contributed by atoms with van der Waals surface area (Å²) < 4.78 is 7.79. The molecule has 1 saturated carbocycles. The molecule has 0 bridgehead atoms. The van der Waals surface area contributed by atoms with Gasteiger partial charge >= 0.3 is 0 Å². The Hall–Kier alpha value is -2.09. The molecule has 0 amide bonds. The summed E-state index contributed by atoms with van der Waals surface area (Å²) in [6.07, 6.45) is 5.39. The lowest BCUT2D eigenvalue weighted by Crippen LogP contribution is -2.53. The number of aryl methyl sites for hydroxylation is 1. The van der Waals surface area contributed by atoms with E-state index in [-0.39, 0.29) is 6.04 Å². The first-order valence-corrected chi connectivity index (χ1v) is 11.4. The third kappa shape index (κ3) is 3.25. The van der Waals surface area contributed by atoms with Crippen LogP contribution >= 0.6 is 23.2 Å². The number of ether oxygens (including phenoxy) is 1. The van der Waals surface area contributed by atoms with Crippen molar-refractivity contribution in [1.29, 1.82) is 0 Å². The van der Waals surface area contributed by atoms with E-state index in [4.69, 9.17) is 38.8 Å². The van der Waals surface area contributed by atoms with E-state index in [1.165, 1.54) is 25.6 Å². The molecule has 0 unspecified atom stereocenters. The number of benzene rings is 1. The molecule has 9 heteroatoms. The summed E-state index contributed by atoms with van der Waals surface area (Å²) in [5.74, 6) is 1.51. The highest BCUT2D eigenvalue weighted by Gasteiger charge is 2.39. The number of methoxy groups -OCH3 is 1. The van der Waals surface area contributed by atoms with Gasteiger partial charge in [-0.15, -0.1) is 0 Å². The number of fused-ring (bicyclic) bond motifs is 1. The van der Waals surface area contributed by atoms with Gasteiger partial charge < -0.3 is 10.5 Å². The average molecular weight is 461 g/mol. The highest BCUT2D eigenvalue weighted by atomic mass is 35.5. The maximum Gasteiger partial charge on any atom is 0.164 e. The van der Waals surface area contributed by atoms with E-state index in [9.17, 15) is 0 Å². The molecule has 31 heavy (non-hydrogen) atoms. The van der Waals surface area contributed by atoms with Gasteiger partial charge in [-0.25, -0.2) is 14.6 Å². The number of rotatable bonds is 5. The van der Waals surface area contributed by atoms with Gasteiger partial charge in [-0.2, -0.15) is 5.10 Å². The SMILES string of the molecule is COc1c([C@@H](C)n2nc(C)c3c(N)ncnc32)cc(Cl)c(Cl)c1C1CN(C2CCC2)C1. The van der Waals surface area contributed by atoms with Gasteiger partial charge in [-0.05, 0) is 32.8 Å². The van der Waals surface area contributed by atoms with Crippen LogP contribution in [0.3, 0.4) is 0 Å². The highest BCUT2D eigenvalue weighted by Crippen LogP contribution is 2.47. The molecule has 3 aromatic rings. The Kier molecular flexibility index (Phi) is 5.23. The number of nitrogens with zero attached hydrogens (tertiary/aromatic N) is 5. The Balaban J connectivity index is 1.57. The minimum absolute atomic E-state index is 0.184. The van der Waals surface area contributed by atoms with Crippen molar-refractivity contribution in [3.05, 3.63) is 39.3 Å². The van der Waals surface area contributed by atoms with Gasteiger partial charge in [0.1, 0.15) is 17.9 Å². The van der Waals surface area contributed by atoms with Crippen molar-refractivity contribution >= 4 is 40.1 Å². The average Bonchev–Trinajstić information content (AvgIpc) is 3.02. The highest BCUT2D eigenvalue weighted by molar-refractivity contribution is 6.42. The summed E-state index contributed by atoms with van der Waals surface area (Å²) in [5, 5.41) is 6.59. The number of hydrogen-bond acceptors (Lipinski definition) is 6. The van der Waals surface area contributed by atoms with Crippen LogP contribution in [-0.2, 0) is 0 Å². The monoisotopic (exact) mass is 460 g/mol. The van der Waals surface area contributed by atoms with Crippen molar-refractivity contribution in [1.82, 2.24) is 24.6 Å². The van der Waals surface area contributed by atoms with Gasteiger partial charge in [0.2, 0.25) is 0 Å². The standard InChI is InChI=1S/C22H26Cl2N6O/c1-11-17-21(25)26-10-27-22(17)30(28-11)12(2)15-7-16(23)19(24)18(20(15)31-3)13-8-29(9-13)14-5-4-6-14/h7,10,12-14H,4-6,8-9H2,1-3H3,(H2,25,26,27)/t12-/m1/s1. The smallest absolute Gasteiger partial charge is 0.164 e. The number of aromatic nitrogens is 4. The summed E-state index contributed by atoms with van der Waals surface area (Å²) in [4.78, 5) is 11.1. The van der Waals surface area contributed by atoms with Crippen LogP contribution < -0.4 is 10.5 Å². The lowest BCUT2D eigenvalue weighted by atomic mass is 9.82. The van der Waals surface area contributed by atoms with Crippen molar-refractivity contribution in [2.75, 3.05) is 25.9 Å². The molecule has 164 valence electrons. The van der Waals surface area contributed by atoms with Crippen LogP contribution in [-0.4, -0.2) is 50.9 Å². The zero-order valence-corrected chi connectivity index (χ0v) is 19.4. The maximum absolute atomic E-state index is 6.71. The lowest BCUT2D eigenvalue weighted by molar-refractivity contribution is 0.0468. The van der Waals surface area contributed by atoms with E-state index >= 15 is 0 Å². The molecule has 7 nitrogen and oxygen atoms in total.